The molecular weight excluding hydrogens is 246 g/mol. The number of aromatic nitrogens is 2. The van der Waals surface area contributed by atoms with E-state index in [-0.39, 0.29) is 5.69 Å². The van der Waals surface area contributed by atoms with E-state index < -0.39 is 4.92 Å². The third-order valence-corrected chi connectivity index (χ3v) is 3.33. The zero-order chi connectivity index (χ0) is 13.4. The van der Waals surface area contributed by atoms with Crippen LogP contribution in [0.2, 0.25) is 0 Å². The van der Waals surface area contributed by atoms with Crippen molar-refractivity contribution in [2.24, 2.45) is 0 Å². The van der Waals surface area contributed by atoms with Gasteiger partial charge in [-0.15, -0.1) is 0 Å². The second-order valence-corrected chi connectivity index (χ2v) is 4.82. The summed E-state index contributed by atoms with van der Waals surface area (Å²) in [4.78, 5) is 20.2. The molecule has 100 valence electrons. The summed E-state index contributed by atoms with van der Waals surface area (Å²) in [6.07, 6.45) is 0. The van der Waals surface area contributed by atoms with Crippen LogP contribution in [-0.4, -0.2) is 40.6 Å². The quantitative estimate of drug-likeness (QED) is 0.628. The van der Waals surface area contributed by atoms with Crippen LogP contribution in [0.3, 0.4) is 0 Å². The monoisotopic (exact) mass is 261 g/mol. The van der Waals surface area contributed by atoms with Crippen molar-refractivity contribution < 1.29 is 4.92 Å². The molecule has 1 aliphatic rings. The van der Waals surface area contributed by atoms with Gasteiger partial charge in [0.2, 0.25) is 5.95 Å². The second-order valence-electron chi connectivity index (χ2n) is 4.82. The van der Waals surface area contributed by atoms with Crippen molar-refractivity contribution in [3.8, 4) is 0 Å². The van der Waals surface area contributed by atoms with Gasteiger partial charge in [0, 0.05) is 37.8 Å². The van der Waals surface area contributed by atoms with Gasteiger partial charge in [0.1, 0.15) is 0 Å². The highest BCUT2D eigenvalue weighted by atomic mass is 16.6. The zero-order valence-electron chi connectivity index (χ0n) is 10.6. The number of hydrogen-bond donors (Lipinski definition) is 2. The summed E-state index contributed by atoms with van der Waals surface area (Å²) in [6, 6.07) is 5.10. The largest absolute Gasteiger partial charge is 0.340 e. The minimum absolute atomic E-state index is 0.0800. The number of imidazole rings is 1. The number of nitro groups is 1. The molecule has 2 N–H and O–H groups in total. The van der Waals surface area contributed by atoms with Crippen LogP contribution in [-0.2, 0) is 0 Å². The molecule has 0 bridgehead atoms. The number of nitrogens with one attached hydrogen (secondary N) is 2. The summed E-state index contributed by atoms with van der Waals surface area (Å²) in [7, 11) is 0. The highest BCUT2D eigenvalue weighted by Crippen LogP contribution is 2.22. The van der Waals surface area contributed by atoms with Gasteiger partial charge in [-0.3, -0.25) is 10.1 Å². The first-order valence-electron chi connectivity index (χ1n) is 6.26. The van der Waals surface area contributed by atoms with Crippen LogP contribution in [0.5, 0.6) is 0 Å². The Hall–Kier alpha value is -2.15. The average Bonchev–Trinajstić information content (AvgIpc) is 2.81. The third kappa shape index (κ3) is 2.24. The van der Waals surface area contributed by atoms with Gasteiger partial charge in [0.05, 0.1) is 16.0 Å². The molecule has 0 spiro atoms. The van der Waals surface area contributed by atoms with Crippen LogP contribution in [0.25, 0.3) is 11.0 Å². The van der Waals surface area contributed by atoms with Crippen molar-refractivity contribution in [1.82, 2.24) is 15.3 Å². The van der Waals surface area contributed by atoms with E-state index in [4.69, 9.17) is 0 Å². The van der Waals surface area contributed by atoms with Crippen LogP contribution in [0.4, 0.5) is 11.6 Å². The van der Waals surface area contributed by atoms with Crippen LogP contribution in [0.1, 0.15) is 6.92 Å². The van der Waals surface area contributed by atoms with E-state index in [0.29, 0.717) is 11.6 Å². The Labute approximate surface area is 109 Å². The lowest BCUT2D eigenvalue weighted by Crippen LogP contribution is -2.49. The SMILES string of the molecule is C[C@@H]1CN(c2nc3ccc([N+](=O)[O-])cc3[nH]2)CCN1. The molecular formula is C12H15N5O2. The summed E-state index contributed by atoms with van der Waals surface area (Å²) in [5, 5.41) is 14.1. The standard InChI is InChI=1S/C12H15N5O2/c1-8-7-16(5-4-13-8)12-14-10-3-2-9(17(18)19)6-11(10)15-12/h2-3,6,8,13H,4-5,7H2,1H3,(H,14,15)/t8-/m1/s1. The topological polar surface area (TPSA) is 87.1 Å². The van der Waals surface area contributed by atoms with Gasteiger partial charge >= 0.3 is 0 Å². The van der Waals surface area contributed by atoms with E-state index in [1.54, 1.807) is 6.07 Å². The first-order valence-corrected chi connectivity index (χ1v) is 6.26. The van der Waals surface area contributed by atoms with Crippen molar-refractivity contribution in [1.29, 1.82) is 0 Å². The number of nitro benzene ring substituents is 1. The van der Waals surface area contributed by atoms with E-state index in [1.807, 2.05) is 0 Å². The van der Waals surface area contributed by atoms with E-state index in [0.717, 1.165) is 31.1 Å². The molecule has 1 aromatic carbocycles. The summed E-state index contributed by atoms with van der Waals surface area (Å²) >= 11 is 0. The Bertz CT molecular complexity index is 624. The number of nitrogens with zero attached hydrogens (tertiary/aromatic N) is 3. The average molecular weight is 261 g/mol. The van der Waals surface area contributed by atoms with Gasteiger partial charge in [-0.25, -0.2) is 4.98 Å². The molecule has 19 heavy (non-hydrogen) atoms. The molecule has 0 aliphatic carbocycles. The van der Waals surface area contributed by atoms with Crippen molar-refractivity contribution in [3.63, 3.8) is 0 Å². The normalized spacial score (nSPS) is 19.8. The Balaban J connectivity index is 1.94. The molecule has 1 aliphatic heterocycles. The number of aromatic amines is 1. The molecule has 7 heteroatoms. The lowest BCUT2D eigenvalue weighted by Gasteiger charge is -2.31. The fraction of sp³-hybridized carbons (Fsp3) is 0.417. The molecule has 0 radical (unpaired) electrons. The summed E-state index contributed by atoms with van der Waals surface area (Å²) in [5.41, 5.74) is 1.54. The maximum atomic E-state index is 10.7. The molecule has 2 heterocycles. The van der Waals surface area contributed by atoms with E-state index in [1.165, 1.54) is 12.1 Å². The number of piperazine rings is 1. The molecule has 1 saturated heterocycles. The molecule has 1 aromatic heterocycles. The van der Waals surface area contributed by atoms with Crippen molar-refractivity contribution in [2.75, 3.05) is 24.5 Å². The van der Waals surface area contributed by atoms with Crippen molar-refractivity contribution in [2.45, 2.75) is 13.0 Å². The van der Waals surface area contributed by atoms with Crippen molar-refractivity contribution in [3.05, 3.63) is 28.3 Å². The fourth-order valence-corrected chi connectivity index (χ4v) is 2.37. The minimum atomic E-state index is -0.396. The lowest BCUT2D eigenvalue weighted by atomic mass is 10.2. The maximum absolute atomic E-state index is 10.7. The van der Waals surface area contributed by atoms with E-state index >= 15 is 0 Å². The van der Waals surface area contributed by atoms with Gasteiger partial charge in [0.15, 0.2) is 0 Å². The predicted octanol–water partition coefficient (Wildman–Crippen LogP) is 1.27. The van der Waals surface area contributed by atoms with E-state index in [9.17, 15) is 10.1 Å². The first kappa shape index (κ1) is 11.9. The summed E-state index contributed by atoms with van der Waals surface area (Å²) in [5.74, 6) is 0.781. The number of hydrogen-bond acceptors (Lipinski definition) is 5. The highest BCUT2D eigenvalue weighted by Gasteiger charge is 2.19. The van der Waals surface area contributed by atoms with Crippen molar-refractivity contribution >= 4 is 22.7 Å². The van der Waals surface area contributed by atoms with E-state index in [2.05, 4.69) is 27.1 Å². The van der Waals surface area contributed by atoms with Gasteiger partial charge in [-0.2, -0.15) is 0 Å². The summed E-state index contributed by atoms with van der Waals surface area (Å²) < 4.78 is 0. The molecule has 1 fully saturated rings. The second kappa shape index (κ2) is 4.51. The van der Waals surface area contributed by atoms with Gasteiger partial charge < -0.3 is 15.2 Å². The molecule has 0 unspecified atom stereocenters. The van der Waals surface area contributed by atoms with Crippen LogP contribution < -0.4 is 10.2 Å². The zero-order valence-corrected chi connectivity index (χ0v) is 10.6. The van der Waals surface area contributed by atoms with Gasteiger partial charge in [-0.1, -0.05) is 0 Å². The number of fused-ring (bicyclic) bond motifs is 1. The highest BCUT2D eigenvalue weighted by molar-refractivity contribution is 5.80. The van der Waals surface area contributed by atoms with Crippen LogP contribution in [0.15, 0.2) is 18.2 Å². The lowest BCUT2D eigenvalue weighted by molar-refractivity contribution is -0.384. The molecule has 7 nitrogen and oxygen atoms in total. The molecule has 0 amide bonds. The van der Waals surface area contributed by atoms with Crippen LogP contribution in [0, 0.1) is 10.1 Å². The smallest absolute Gasteiger partial charge is 0.271 e. The third-order valence-electron chi connectivity index (χ3n) is 3.33. The first-order chi connectivity index (χ1) is 9.13. The number of rotatable bonds is 2. The Kier molecular flexibility index (Phi) is 2.83. The summed E-state index contributed by atoms with van der Waals surface area (Å²) in [6.45, 7) is 4.80. The number of H-pyrrole nitrogens is 1. The molecule has 1 atom stereocenters. The maximum Gasteiger partial charge on any atom is 0.271 e. The number of benzene rings is 1. The Morgan fingerprint density at radius 2 is 2.37 bits per heavy atom. The fourth-order valence-electron chi connectivity index (χ4n) is 2.37. The van der Waals surface area contributed by atoms with Gasteiger partial charge in [-0.05, 0) is 13.0 Å². The molecule has 3 rings (SSSR count). The Morgan fingerprint density at radius 3 is 3.11 bits per heavy atom. The minimum Gasteiger partial charge on any atom is -0.340 e. The predicted molar refractivity (Wildman–Crippen MR) is 72.4 cm³/mol. The van der Waals surface area contributed by atoms with Crippen LogP contribution >= 0.6 is 0 Å². The van der Waals surface area contributed by atoms with Gasteiger partial charge in [0.25, 0.3) is 5.69 Å². The molecule has 2 aromatic rings. The number of non-ortho nitro benzene ring substituents is 1. The molecule has 0 saturated carbocycles. The Morgan fingerprint density at radius 1 is 1.53 bits per heavy atom. The number of anilines is 1.